The summed E-state index contributed by atoms with van der Waals surface area (Å²) in [6.45, 7) is 0. The van der Waals surface area contributed by atoms with E-state index in [-0.39, 0.29) is 11.6 Å². The number of carbonyl (C=O) groups is 1. The fourth-order valence-electron chi connectivity index (χ4n) is 1.80. The number of hydrogen-bond donors (Lipinski definition) is 0. The van der Waals surface area contributed by atoms with Gasteiger partial charge in [0.05, 0.1) is 0 Å². The summed E-state index contributed by atoms with van der Waals surface area (Å²) in [5.41, 5.74) is 1.76. The molecule has 0 atom stereocenters. The van der Waals surface area contributed by atoms with E-state index in [0.717, 1.165) is 12.8 Å². The number of ketones is 1. The lowest BCUT2D eigenvalue weighted by Gasteiger charge is -1.97. The maximum absolute atomic E-state index is 12.7. The van der Waals surface area contributed by atoms with Crippen LogP contribution in [0, 0.1) is 5.82 Å². The van der Waals surface area contributed by atoms with Gasteiger partial charge in [0.15, 0.2) is 5.78 Å². The Kier molecular flexibility index (Phi) is 4.62. The van der Waals surface area contributed by atoms with E-state index in [0.29, 0.717) is 5.56 Å². The van der Waals surface area contributed by atoms with Gasteiger partial charge in [-0.15, -0.1) is 0 Å². The van der Waals surface area contributed by atoms with Crippen molar-refractivity contribution in [3.63, 3.8) is 0 Å². The molecule has 0 aliphatic rings. The molecule has 2 aromatic carbocycles. The fraction of sp³-hybridized carbons (Fsp3) is 0.118. The van der Waals surface area contributed by atoms with Gasteiger partial charge in [-0.3, -0.25) is 4.79 Å². The highest BCUT2D eigenvalue weighted by molar-refractivity contribution is 6.04. The molecule has 0 N–H and O–H groups in total. The van der Waals surface area contributed by atoms with E-state index in [1.807, 2.05) is 24.3 Å². The fourth-order valence-corrected chi connectivity index (χ4v) is 1.80. The van der Waals surface area contributed by atoms with E-state index >= 15 is 0 Å². The lowest BCUT2D eigenvalue weighted by Crippen LogP contribution is -1.94. The molecule has 19 heavy (non-hydrogen) atoms. The summed E-state index contributed by atoms with van der Waals surface area (Å²) in [5, 5.41) is 0. The highest BCUT2D eigenvalue weighted by atomic mass is 19.1. The Bertz CT molecular complexity index is 556. The monoisotopic (exact) mass is 254 g/mol. The zero-order chi connectivity index (χ0) is 13.5. The second-order valence-corrected chi connectivity index (χ2v) is 4.30. The van der Waals surface area contributed by atoms with E-state index in [1.54, 1.807) is 6.08 Å². The van der Waals surface area contributed by atoms with Gasteiger partial charge in [-0.2, -0.15) is 0 Å². The maximum Gasteiger partial charge on any atom is 0.185 e. The Hall–Kier alpha value is -2.22. The Morgan fingerprint density at radius 2 is 1.68 bits per heavy atom. The van der Waals surface area contributed by atoms with Crippen LogP contribution in [0.5, 0.6) is 0 Å². The number of benzene rings is 2. The van der Waals surface area contributed by atoms with Crippen LogP contribution in [-0.4, -0.2) is 5.78 Å². The summed E-state index contributed by atoms with van der Waals surface area (Å²) < 4.78 is 12.7. The van der Waals surface area contributed by atoms with Crippen molar-refractivity contribution in [2.45, 2.75) is 12.8 Å². The molecule has 0 saturated heterocycles. The molecule has 0 heterocycles. The highest BCUT2D eigenvalue weighted by Crippen LogP contribution is 2.06. The molecule has 0 spiro atoms. The van der Waals surface area contributed by atoms with E-state index in [4.69, 9.17) is 0 Å². The van der Waals surface area contributed by atoms with E-state index in [1.165, 1.54) is 29.8 Å². The minimum Gasteiger partial charge on any atom is -0.289 e. The zero-order valence-electron chi connectivity index (χ0n) is 10.6. The molecule has 0 radical (unpaired) electrons. The van der Waals surface area contributed by atoms with Gasteiger partial charge in [-0.25, -0.2) is 4.39 Å². The molecule has 2 rings (SSSR count). The molecule has 0 amide bonds. The van der Waals surface area contributed by atoms with Crippen LogP contribution in [0.4, 0.5) is 4.39 Å². The van der Waals surface area contributed by atoms with Crippen LogP contribution < -0.4 is 0 Å². The number of rotatable bonds is 5. The number of aryl methyl sites for hydroxylation is 1. The Balaban J connectivity index is 1.85. The normalized spacial score (nSPS) is 10.8. The summed E-state index contributed by atoms with van der Waals surface area (Å²) >= 11 is 0. The number of carbonyl (C=O) groups excluding carboxylic acids is 1. The molecular formula is C17H15FO. The predicted octanol–water partition coefficient (Wildman–Crippen LogP) is 4.20. The van der Waals surface area contributed by atoms with E-state index in [9.17, 15) is 9.18 Å². The molecule has 0 unspecified atom stereocenters. The maximum atomic E-state index is 12.7. The topological polar surface area (TPSA) is 17.1 Å². The van der Waals surface area contributed by atoms with Crippen molar-refractivity contribution in [1.29, 1.82) is 0 Å². The molecule has 0 aliphatic carbocycles. The lowest BCUT2D eigenvalue weighted by atomic mass is 10.1. The van der Waals surface area contributed by atoms with Gasteiger partial charge in [-0.05, 0) is 48.7 Å². The smallest absolute Gasteiger partial charge is 0.185 e. The highest BCUT2D eigenvalue weighted by Gasteiger charge is 2.00. The van der Waals surface area contributed by atoms with Gasteiger partial charge < -0.3 is 0 Å². The summed E-state index contributed by atoms with van der Waals surface area (Å²) in [6, 6.07) is 15.7. The van der Waals surface area contributed by atoms with Gasteiger partial charge in [0.2, 0.25) is 0 Å². The first-order valence-electron chi connectivity index (χ1n) is 6.26. The average molecular weight is 254 g/mol. The minimum atomic E-state index is -0.329. The SMILES string of the molecule is O=C(/C=C/CCc1ccccc1)c1ccc(F)cc1. The third kappa shape index (κ3) is 4.18. The number of halogens is 1. The molecule has 2 aromatic rings. The quantitative estimate of drug-likeness (QED) is 0.577. The number of hydrogen-bond acceptors (Lipinski definition) is 1. The van der Waals surface area contributed by atoms with Crippen molar-refractivity contribution in [3.8, 4) is 0 Å². The van der Waals surface area contributed by atoms with Crippen molar-refractivity contribution in [1.82, 2.24) is 0 Å². The van der Waals surface area contributed by atoms with Gasteiger partial charge in [-0.1, -0.05) is 36.4 Å². The Labute approximate surface area is 112 Å². The number of allylic oxidation sites excluding steroid dienone is 2. The van der Waals surface area contributed by atoms with Crippen LogP contribution in [0.3, 0.4) is 0 Å². The van der Waals surface area contributed by atoms with Gasteiger partial charge in [0.1, 0.15) is 5.82 Å². The van der Waals surface area contributed by atoms with Gasteiger partial charge in [0.25, 0.3) is 0 Å². The second-order valence-electron chi connectivity index (χ2n) is 4.30. The standard InChI is InChI=1S/C17H15FO/c18-16-12-10-15(11-13-16)17(19)9-5-4-8-14-6-2-1-3-7-14/h1-3,5-7,9-13H,4,8H2/b9-5+. The molecule has 0 aromatic heterocycles. The first-order chi connectivity index (χ1) is 9.25. The summed E-state index contributed by atoms with van der Waals surface area (Å²) in [4.78, 5) is 11.8. The average Bonchev–Trinajstić information content (AvgIpc) is 2.45. The van der Waals surface area contributed by atoms with Gasteiger partial charge in [0, 0.05) is 5.56 Å². The van der Waals surface area contributed by atoms with Crippen LogP contribution in [-0.2, 0) is 6.42 Å². The molecule has 0 aliphatic heterocycles. The van der Waals surface area contributed by atoms with Gasteiger partial charge >= 0.3 is 0 Å². The molecule has 0 saturated carbocycles. The summed E-state index contributed by atoms with van der Waals surface area (Å²) in [6.07, 6.45) is 5.14. The first kappa shape index (κ1) is 13.2. The minimum absolute atomic E-state index is 0.0898. The first-order valence-corrected chi connectivity index (χ1v) is 6.26. The molecular weight excluding hydrogens is 239 g/mol. The van der Waals surface area contributed by atoms with Crippen molar-refractivity contribution in [2.75, 3.05) is 0 Å². The van der Waals surface area contributed by atoms with E-state index < -0.39 is 0 Å². The van der Waals surface area contributed by atoms with Crippen LogP contribution in [0.15, 0.2) is 66.7 Å². The molecule has 1 nitrogen and oxygen atoms in total. The third-order valence-corrected chi connectivity index (χ3v) is 2.84. The molecule has 96 valence electrons. The van der Waals surface area contributed by atoms with Crippen LogP contribution >= 0.6 is 0 Å². The summed E-state index contributed by atoms with van der Waals surface area (Å²) in [5.74, 6) is -0.419. The molecule has 2 heteroatoms. The lowest BCUT2D eigenvalue weighted by molar-refractivity contribution is 0.104. The van der Waals surface area contributed by atoms with Crippen molar-refractivity contribution >= 4 is 5.78 Å². The van der Waals surface area contributed by atoms with Crippen LogP contribution in [0.1, 0.15) is 22.3 Å². The Morgan fingerprint density at radius 1 is 1.00 bits per heavy atom. The van der Waals surface area contributed by atoms with Crippen LogP contribution in [0.2, 0.25) is 0 Å². The predicted molar refractivity (Wildman–Crippen MR) is 74.6 cm³/mol. The summed E-state index contributed by atoms with van der Waals surface area (Å²) in [7, 11) is 0. The molecule has 0 fully saturated rings. The second kappa shape index (κ2) is 6.64. The van der Waals surface area contributed by atoms with Crippen molar-refractivity contribution in [2.24, 2.45) is 0 Å². The van der Waals surface area contributed by atoms with Crippen molar-refractivity contribution < 1.29 is 9.18 Å². The van der Waals surface area contributed by atoms with Crippen LogP contribution in [0.25, 0.3) is 0 Å². The largest absolute Gasteiger partial charge is 0.289 e. The van der Waals surface area contributed by atoms with E-state index in [2.05, 4.69) is 12.1 Å². The Morgan fingerprint density at radius 3 is 2.37 bits per heavy atom. The molecule has 0 bridgehead atoms. The van der Waals surface area contributed by atoms with Crippen molar-refractivity contribution in [3.05, 3.63) is 83.7 Å². The third-order valence-electron chi connectivity index (χ3n) is 2.84. The zero-order valence-corrected chi connectivity index (χ0v) is 10.6.